The van der Waals surface area contributed by atoms with Gasteiger partial charge in [-0.15, -0.1) is 11.8 Å². The Morgan fingerprint density at radius 2 is 2.00 bits per heavy atom. The summed E-state index contributed by atoms with van der Waals surface area (Å²) in [5.41, 5.74) is 4.43. The maximum Gasteiger partial charge on any atom is 0.329 e. The van der Waals surface area contributed by atoms with Crippen LogP contribution in [0.25, 0.3) is 11.5 Å². The molecule has 2 heterocycles. The summed E-state index contributed by atoms with van der Waals surface area (Å²) in [6, 6.07) is 9.97. The molecule has 0 saturated heterocycles. The third kappa shape index (κ3) is 3.74. The first-order valence-electron chi connectivity index (χ1n) is 9.14. The Balaban J connectivity index is 1.89. The summed E-state index contributed by atoms with van der Waals surface area (Å²) in [5.74, 6) is -1.63. The van der Waals surface area contributed by atoms with Crippen LogP contribution < -0.4 is 16.2 Å². The third-order valence-electron chi connectivity index (χ3n) is 5.05. The average Bonchev–Trinajstić information content (AvgIpc) is 3.07. The van der Waals surface area contributed by atoms with E-state index in [9.17, 15) is 14.8 Å². The fourth-order valence-corrected chi connectivity index (χ4v) is 4.86. The Labute approximate surface area is 170 Å². The predicted molar refractivity (Wildman–Crippen MR) is 109 cm³/mol. The molecule has 3 N–H and O–H groups in total. The minimum absolute atomic E-state index is 0.442. The quantitative estimate of drug-likeness (QED) is 0.485. The molecular weight excluding hydrogens is 392 g/mol. The molecular formula is C21H20N2O5S. The van der Waals surface area contributed by atoms with Crippen molar-refractivity contribution >= 4 is 35.1 Å². The zero-order valence-electron chi connectivity index (χ0n) is 15.4. The molecule has 1 aromatic carbocycles. The second-order valence-electron chi connectivity index (χ2n) is 6.83. The minimum Gasteiger partial charge on any atom is -0.480 e. The summed E-state index contributed by atoms with van der Waals surface area (Å²) in [7, 11) is 0. The number of allylic oxidation sites excluding steroid dienone is 1. The number of aliphatic carboxylic acids is 1. The van der Waals surface area contributed by atoms with Crippen molar-refractivity contribution < 1.29 is 24.6 Å². The number of carboxylic acids is 1. The van der Waals surface area contributed by atoms with Gasteiger partial charge in [0.05, 0.1) is 11.3 Å². The number of nitrogens with zero attached hydrogens (tertiary/aromatic N) is 1. The fraction of sp³-hybridized carbons (Fsp3) is 0.238. The molecule has 8 heteroatoms. The van der Waals surface area contributed by atoms with E-state index in [1.54, 1.807) is 11.6 Å². The third-order valence-corrected chi connectivity index (χ3v) is 5.97. The first kappa shape index (κ1) is 19.5. The van der Waals surface area contributed by atoms with E-state index >= 15 is 0 Å². The Bertz CT molecular complexity index is 1090. The van der Waals surface area contributed by atoms with E-state index in [4.69, 9.17) is 9.84 Å². The monoisotopic (exact) mass is 412 g/mol. The Morgan fingerprint density at radius 1 is 1.21 bits per heavy atom. The number of hydrogen-bond donors (Lipinski definition) is 3. The summed E-state index contributed by atoms with van der Waals surface area (Å²) >= 11 is 1.51. The summed E-state index contributed by atoms with van der Waals surface area (Å²) in [6.45, 7) is 0.154. The van der Waals surface area contributed by atoms with Crippen molar-refractivity contribution in [3.8, 4) is 0 Å². The van der Waals surface area contributed by atoms with Gasteiger partial charge in [-0.25, -0.2) is 10.3 Å². The van der Waals surface area contributed by atoms with Gasteiger partial charge in [0.25, 0.3) is 5.91 Å². The summed E-state index contributed by atoms with van der Waals surface area (Å²) in [4.78, 5) is 23.4. The first-order valence-corrected chi connectivity index (χ1v) is 10.2. The molecule has 1 aromatic heterocycles. The molecule has 29 heavy (non-hydrogen) atoms. The number of ether oxygens (including phenoxy) is 1. The molecule has 7 nitrogen and oxygen atoms in total. The van der Waals surface area contributed by atoms with Gasteiger partial charge in [0.2, 0.25) is 0 Å². The Morgan fingerprint density at radius 3 is 2.72 bits per heavy atom. The van der Waals surface area contributed by atoms with Gasteiger partial charge in [-0.1, -0.05) is 42.5 Å². The van der Waals surface area contributed by atoms with E-state index in [0.717, 1.165) is 27.4 Å². The summed E-state index contributed by atoms with van der Waals surface area (Å²) in [5, 5.41) is 22.1. The molecule has 0 radical (unpaired) electrons. The van der Waals surface area contributed by atoms with Crippen molar-refractivity contribution in [2.45, 2.75) is 18.6 Å². The SMILES string of the molecule is O=C(O)COC1C=CC=c2c1c1c(n2Cc2ccccc2)=CSCC1C(=O)NO. The van der Waals surface area contributed by atoms with Crippen molar-refractivity contribution in [1.29, 1.82) is 0 Å². The Hall–Kier alpha value is -2.81. The highest BCUT2D eigenvalue weighted by Crippen LogP contribution is 2.31. The lowest BCUT2D eigenvalue weighted by Crippen LogP contribution is -2.35. The lowest BCUT2D eigenvalue weighted by atomic mass is 9.93. The predicted octanol–water partition coefficient (Wildman–Crippen LogP) is 1.10. The van der Waals surface area contributed by atoms with Gasteiger partial charge >= 0.3 is 5.97 Å². The largest absolute Gasteiger partial charge is 0.480 e. The van der Waals surface area contributed by atoms with Crippen molar-refractivity contribution in [2.75, 3.05) is 12.4 Å². The molecule has 150 valence electrons. The topological polar surface area (TPSA) is 101 Å². The van der Waals surface area contributed by atoms with Crippen LogP contribution in [0.5, 0.6) is 0 Å². The van der Waals surface area contributed by atoms with E-state index in [-0.39, 0.29) is 0 Å². The number of benzene rings is 1. The van der Waals surface area contributed by atoms with Crippen molar-refractivity contribution in [3.63, 3.8) is 0 Å². The first-order chi connectivity index (χ1) is 14.1. The maximum absolute atomic E-state index is 12.4. The molecule has 4 rings (SSSR count). The smallest absolute Gasteiger partial charge is 0.329 e. The van der Waals surface area contributed by atoms with Gasteiger partial charge in [0.15, 0.2) is 0 Å². The number of rotatable bonds is 6. The number of amides is 1. The van der Waals surface area contributed by atoms with Crippen molar-refractivity contribution in [2.24, 2.45) is 0 Å². The molecule has 0 fully saturated rings. The molecule has 2 unspecified atom stereocenters. The fourth-order valence-electron chi connectivity index (χ4n) is 3.84. The van der Waals surface area contributed by atoms with Gasteiger partial charge < -0.3 is 14.4 Å². The maximum atomic E-state index is 12.4. The van der Waals surface area contributed by atoms with Crippen LogP contribution in [-0.4, -0.2) is 39.1 Å². The number of carboxylic acid groups (broad SMARTS) is 1. The van der Waals surface area contributed by atoms with Gasteiger partial charge in [-0.2, -0.15) is 0 Å². The number of nitrogens with one attached hydrogen (secondary N) is 1. The molecule has 1 aliphatic heterocycles. The second-order valence-corrected chi connectivity index (χ2v) is 7.73. The van der Waals surface area contributed by atoms with E-state index in [2.05, 4.69) is 4.57 Å². The van der Waals surface area contributed by atoms with Crippen LogP contribution in [0.3, 0.4) is 0 Å². The highest BCUT2D eigenvalue weighted by atomic mass is 32.2. The number of fused-ring (bicyclic) bond motifs is 3. The van der Waals surface area contributed by atoms with Crippen molar-refractivity contribution in [3.05, 3.63) is 69.9 Å². The average molecular weight is 412 g/mol. The van der Waals surface area contributed by atoms with Crippen LogP contribution in [0, 0.1) is 0 Å². The van der Waals surface area contributed by atoms with Crippen LogP contribution in [0.4, 0.5) is 0 Å². The standard InChI is InChI=1S/C21H20N2O5S/c24-18(25)10-28-17-8-4-7-15-20(17)19-14(21(26)22-27)11-29-12-16(19)23(15)9-13-5-2-1-3-6-13/h1-8,12,14,17,27H,9-11H2,(H,22,26)(H,24,25). The summed E-state index contributed by atoms with van der Waals surface area (Å²) < 4.78 is 7.74. The van der Waals surface area contributed by atoms with Gasteiger partial charge in [0.1, 0.15) is 12.7 Å². The normalized spacial score (nSPS) is 19.5. The molecule has 0 saturated carbocycles. The van der Waals surface area contributed by atoms with Gasteiger partial charge in [0, 0.05) is 23.2 Å². The molecule has 0 bridgehead atoms. The zero-order chi connectivity index (χ0) is 20.4. The van der Waals surface area contributed by atoms with Gasteiger partial charge in [-0.05, 0) is 22.6 Å². The van der Waals surface area contributed by atoms with E-state index in [0.29, 0.717) is 12.3 Å². The minimum atomic E-state index is -1.06. The highest BCUT2D eigenvalue weighted by molar-refractivity contribution is 8.06. The molecule has 2 aliphatic rings. The van der Waals surface area contributed by atoms with Gasteiger partial charge in [-0.3, -0.25) is 10.0 Å². The van der Waals surface area contributed by atoms with Crippen LogP contribution in [0.2, 0.25) is 0 Å². The summed E-state index contributed by atoms with van der Waals surface area (Å²) in [6.07, 6.45) is 5.00. The number of thioether (sulfide) groups is 1. The second kappa shape index (κ2) is 8.28. The number of carbonyl (C=O) groups is 2. The van der Waals surface area contributed by atoms with Crippen molar-refractivity contribution in [1.82, 2.24) is 10.0 Å². The van der Waals surface area contributed by atoms with Crippen LogP contribution >= 0.6 is 11.8 Å². The van der Waals surface area contributed by atoms with Crippen LogP contribution in [-0.2, 0) is 20.9 Å². The highest BCUT2D eigenvalue weighted by Gasteiger charge is 2.33. The Kier molecular flexibility index (Phi) is 5.57. The number of carbonyl (C=O) groups excluding carboxylic acids is 1. The molecule has 2 aromatic rings. The van der Waals surface area contributed by atoms with E-state index in [1.165, 1.54) is 11.8 Å². The van der Waals surface area contributed by atoms with E-state index in [1.807, 2.05) is 47.9 Å². The van der Waals surface area contributed by atoms with Crippen LogP contribution in [0.15, 0.2) is 42.5 Å². The molecule has 1 amide bonds. The number of aromatic nitrogens is 1. The number of hydrogen-bond acceptors (Lipinski definition) is 5. The zero-order valence-corrected chi connectivity index (χ0v) is 16.3. The van der Waals surface area contributed by atoms with E-state index < -0.39 is 30.5 Å². The van der Waals surface area contributed by atoms with Crippen LogP contribution in [0.1, 0.15) is 28.7 Å². The lowest BCUT2D eigenvalue weighted by molar-refractivity contribution is -0.143. The molecule has 1 aliphatic carbocycles. The number of hydroxylamine groups is 1. The lowest BCUT2D eigenvalue weighted by Gasteiger charge is -2.22. The molecule has 0 spiro atoms. The molecule has 2 atom stereocenters.